The molecule has 68 valence electrons. The average molecular weight is 181 g/mol. The molecule has 0 aromatic heterocycles. The Morgan fingerprint density at radius 2 is 1.82 bits per heavy atom. The van der Waals surface area contributed by atoms with Gasteiger partial charge in [-0.25, -0.2) is 9.24 Å². The minimum Gasteiger partial charge on any atom is -0.312 e. The predicted octanol–water partition coefficient (Wildman–Crippen LogP) is 1.47. The molecule has 1 unspecified atom stereocenters. The van der Waals surface area contributed by atoms with Crippen LogP contribution in [0.4, 0.5) is 0 Å². The number of hydrogen-bond acceptors (Lipinski definition) is 2. The third-order valence-electron chi connectivity index (χ3n) is 1.38. The maximum atomic E-state index is 11.2. The van der Waals surface area contributed by atoms with E-state index in [9.17, 15) is 9.46 Å². The highest BCUT2D eigenvalue weighted by Gasteiger charge is 2.25. The van der Waals surface area contributed by atoms with Crippen LogP contribution < -0.4 is 0 Å². The van der Waals surface area contributed by atoms with Crippen LogP contribution in [-0.4, -0.2) is 29.3 Å². The van der Waals surface area contributed by atoms with Gasteiger partial charge in [-0.1, -0.05) is 13.8 Å². The molecule has 0 spiro atoms. The zero-order chi connectivity index (χ0) is 8.91. The fraction of sp³-hybridized carbons (Fsp3) is 1.00. The van der Waals surface area contributed by atoms with Crippen LogP contribution in [0.25, 0.3) is 0 Å². The van der Waals surface area contributed by atoms with E-state index < -0.39 is 7.75 Å². The van der Waals surface area contributed by atoms with E-state index in [-0.39, 0.29) is 6.61 Å². The topological polar surface area (TPSA) is 49.8 Å². The second kappa shape index (κ2) is 4.88. The Morgan fingerprint density at radius 1 is 1.36 bits per heavy atom. The van der Waals surface area contributed by atoms with Gasteiger partial charge in [0.2, 0.25) is 0 Å². The van der Waals surface area contributed by atoms with Crippen LogP contribution >= 0.6 is 7.75 Å². The van der Waals surface area contributed by atoms with Crippen LogP contribution in [0.2, 0.25) is 0 Å². The molecule has 5 heteroatoms. The summed E-state index contributed by atoms with van der Waals surface area (Å²) in [5, 5.41) is 0. The van der Waals surface area contributed by atoms with Gasteiger partial charge in [0.05, 0.1) is 6.61 Å². The van der Waals surface area contributed by atoms with Crippen molar-refractivity contribution in [1.82, 2.24) is 4.67 Å². The number of nitrogens with zero attached hydrogens (tertiary/aromatic N) is 1. The third kappa shape index (κ3) is 3.34. The molecule has 1 atom stereocenters. The van der Waals surface area contributed by atoms with E-state index in [4.69, 9.17) is 4.52 Å². The van der Waals surface area contributed by atoms with Crippen LogP contribution in [0.15, 0.2) is 0 Å². The highest BCUT2D eigenvalue weighted by Crippen LogP contribution is 2.45. The molecule has 0 aromatic rings. The van der Waals surface area contributed by atoms with Crippen molar-refractivity contribution in [3.8, 4) is 0 Å². The second-order valence-corrected chi connectivity index (χ2v) is 3.85. The van der Waals surface area contributed by atoms with Crippen molar-refractivity contribution in [3.63, 3.8) is 0 Å². The predicted molar refractivity (Wildman–Crippen MR) is 44.4 cm³/mol. The van der Waals surface area contributed by atoms with Gasteiger partial charge in [-0.3, -0.25) is 4.52 Å². The van der Waals surface area contributed by atoms with Gasteiger partial charge in [0, 0.05) is 13.1 Å². The fourth-order valence-electron chi connectivity index (χ4n) is 0.831. The van der Waals surface area contributed by atoms with Gasteiger partial charge in [-0.2, -0.15) is 0 Å². The van der Waals surface area contributed by atoms with E-state index in [0.29, 0.717) is 13.1 Å². The quantitative estimate of drug-likeness (QED) is 0.652. The SMILES string of the molecule is CCOP(=O)(O)N(CC)CC. The molecular weight excluding hydrogens is 165 g/mol. The van der Waals surface area contributed by atoms with Crippen molar-refractivity contribution >= 4 is 7.75 Å². The first kappa shape index (κ1) is 11.1. The van der Waals surface area contributed by atoms with Gasteiger partial charge in [-0.05, 0) is 6.92 Å². The summed E-state index contributed by atoms with van der Waals surface area (Å²) in [4.78, 5) is 9.23. The van der Waals surface area contributed by atoms with E-state index >= 15 is 0 Å². The van der Waals surface area contributed by atoms with Gasteiger partial charge in [-0.15, -0.1) is 0 Å². The number of rotatable bonds is 5. The normalized spacial score (nSPS) is 16.8. The first-order valence-corrected chi connectivity index (χ1v) is 5.34. The highest BCUT2D eigenvalue weighted by molar-refractivity contribution is 7.50. The Hall–Kier alpha value is 0.110. The summed E-state index contributed by atoms with van der Waals surface area (Å²) < 4.78 is 17.4. The van der Waals surface area contributed by atoms with Crippen LogP contribution in [0.3, 0.4) is 0 Å². The Labute approximate surface area is 67.8 Å². The number of hydrogen-bond donors (Lipinski definition) is 1. The molecule has 0 fully saturated rings. The molecule has 0 heterocycles. The van der Waals surface area contributed by atoms with E-state index in [1.165, 1.54) is 4.67 Å². The summed E-state index contributed by atoms with van der Waals surface area (Å²) in [7, 11) is -3.47. The summed E-state index contributed by atoms with van der Waals surface area (Å²) in [6.45, 7) is 6.68. The molecule has 0 amide bonds. The van der Waals surface area contributed by atoms with Crippen molar-refractivity contribution in [2.45, 2.75) is 20.8 Å². The summed E-state index contributed by atoms with van der Waals surface area (Å²) in [6, 6.07) is 0. The molecule has 0 saturated heterocycles. The van der Waals surface area contributed by atoms with Gasteiger partial charge in [0.25, 0.3) is 0 Å². The Bertz CT molecular complexity index is 147. The van der Waals surface area contributed by atoms with E-state index in [1.807, 2.05) is 13.8 Å². The molecule has 11 heavy (non-hydrogen) atoms. The van der Waals surface area contributed by atoms with Crippen molar-refractivity contribution in [1.29, 1.82) is 0 Å². The summed E-state index contributed by atoms with van der Waals surface area (Å²) in [6.07, 6.45) is 0. The maximum absolute atomic E-state index is 11.2. The highest BCUT2D eigenvalue weighted by atomic mass is 31.2. The van der Waals surface area contributed by atoms with E-state index in [1.54, 1.807) is 6.92 Å². The van der Waals surface area contributed by atoms with Crippen LogP contribution in [0.1, 0.15) is 20.8 Å². The molecule has 0 aliphatic carbocycles. The molecule has 0 saturated carbocycles. The minimum atomic E-state index is -3.47. The lowest BCUT2D eigenvalue weighted by Crippen LogP contribution is -2.20. The monoisotopic (exact) mass is 181 g/mol. The van der Waals surface area contributed by atoms with Gasteiger partial charge in [0.1, 0.15) is 0 Å². The first-order chi connectivity index (χ1) is 5.08. The first-order valence-electron chi connectivity index (χ1n) is 3.81. The molecule has 4 nitrogen and oxygen atoms in total. The molecule has 0 aliphatic rings. The van der Waals surface area contributed by atoms with Crippen molar-refractivity contribution in [2.75, 3.05) is 19.7 Å². The Kier molecular flexibility index (Phi) is 4.93. The zero-order valence-electron chi connectivity index (χ0n) is 7.28. The summed E-state index contributed by atoms with van der Waals surface area (Å²) in [5.74, 6) is 0. The van der Waals surface area contributed by atoms with E-state index in [0.717, 1.165) is 0 Å². The molecule has 0 radical (unpaired) electrons. The lowest BCUT2D eigenvalue weighted by Gasteiger charge is -2.22. The van der Waals surface area contributed by atoms with Crippen LogP contribution in [0, 0.1) is 0 Å². The Morgan fingerprint density at radius 3 is 2.09 bits per heavy atom. The van der Waals surface area contributed by atoms with Crippen LogP contribution in [0.5, 0.6) is 0 Å². The molecule has 0 bridgehead atoms. The van der Waals surface area contributed by atoms with Crippen molar-refractivity contribution in [3.05, 3.63) is 0 Å². The molecule has 1 N–H and O–H groups in total. The van der Waals surface area contributed by atoms with Gasteiger partial charge >= 0.3 is 7.75 Å². The smallest absolute Gasteiger partial charge is 0.312 e. The van der Waals surface area contributed by atoms with Crippen LogP contribution in [-0.2, 0) is 9.09 Å². The van der Waals surface area contributed by atoms with E-state index in [2.05, 4.69) is 0 Å². The molecular formula is C6H16NO3P. The summed E-state index contributed by atoms with van der Waals surface area (Å²) in [5.41, 5.74) is 0. The van der Waals surface area contributed by atoms with Crippen molar-refractivity contribution < 1.29 is 14.0 Å². The fourth-order valence-corrected chi connectivity index (χ4v) is 2.05. The molecule has 0 aromatic carbocycles. The maximum Gasteiger partial charge on any atom is 0.405 e. The standard InChI is InChI=1S/C6H16NO3P/c1-4-7(5-2)11(8,9)10-6-3/h4-6H2,1-3H3,(H,8,9). The molecule has 0 rings (SSSR count). The lowest BCUT2D eigenvalue weighted by atomic mass is 10.7. The Balaban J connectivity index is 4.13. The summed E-state index contributed by atoms with van der Waals surface area (Å²) >= 11 is 0. The zero-order valence-corrected chi connectivity index (χ0v) is 8.17. The third-order valence-corrected chi connectivity index (χ3v) is 3.26. The second-order valence-electron chi connectivity index (χ2n) is 2.05. The van der Waals surface area contributed by atoms with Gasteiger partial charge in [0.15, 0.2) is 0 Å². The average Bonchev–Trinajstić information content (AvgIpc) is 1.89. The minimum absolute atomic E-state index is 0.268. The largest absolute Gasteiger partial charge is 0.405 e. The van der Waals surface area contributed by atoms with Crippen molar-refractivity contribution in [2.24, 2.45) is 0 Å². The lowest BCUT2D eigenvalue weighted by molar-refractivity contribution is 0.215. The van der Waals surface area contributed by atoms with Gasteiger partial charge < -0.3 is 4.89 Å². The molecule has 0 aliphatic heterocycles.